The summed E-state index contributed by atoms with van der Waals surface area (Å²) >= 11 is 0. The molecule has 3 aliphatic rings. The summed E-state index contributed by atoms with van der Waals surface area (Å²) < 4.78 is 11.4. The molecular weight excluding hydrogens is 418 g/mol. The lowest BCUT2D eigenvalue weighted by Gasteiger charge is -2.53. The van der Waals surface area contributed by atoms with E-state index in [1.807, 2.05) is 12.1 Å². The summed E-state index contributed by atoms with van der Waals surface area (Å²) in [5.41, 5.74) is 4.17. The monoisotopic (exact) mass is 453 g/mol. The molecule has 33 heavy (non-hydrogen) atoms. The number of fused-ring (bicyclic) bond motifs is 6. The van der Waals surface area contributed by atoms with E-state index in [1.165, 1.54) is 0 Å². The third kappa shape index (κ3) is 4.14. The molecule has 0 aliphatic carbocycles. The smallest absolute Gasteiger partial charge is 0.126 e. The topological polar surface area (TPSA) is 82.4 Å². The van der Waals surface area contributed by atoms with E-state index in [-0.39, 0.29) is 18.1 Å². The van der Waals surface area contributed by atoms with Crippen LogP contribution in [0.15, 0.2) is 36.4 Å². The molecule has 0 spiro atoms. The van der Waals surface area contributed by atoms with E-state index in [0.717, 1.165) is 59.4 Å². The van der Waals surface area contributed by atoms with Crippen molar-refractivity contribution in [3.63, 3.8) is 0 Å². The Hall–Kier alpha value is -2.12. The van der Waals surface area contributed by atoms with Crippen LogP contribution in [0.2, 0.25) is 0 Å². The summed E-state index contributed by atoms with van der Waals surface area (Å²) in [5.74, 6) is 1.55. The van der Waals surface area contributed by atoms with E-state index in [1.54, 1.807) is 14.2 Å². The minimum atomic E-state index is -0.765. The highest BCUT2D eigenvalue weighted by Gasteiger charge is 2.47. The maximum atomic E-state index is 11.0. The van der Waals surface area contributed by atoms with Gasteiger partial charge in [-0.15, -0.1) is 0 Å². The van der Waals surface area contributed by atoms with E-state index in [0.29, 0.717) is 19.3 Å². The Bertz CT molecular complexity index is 994. The predicted octanol–water partition coefficient (Wildman–Crippen LogP) is 3.46. The highest BCUT2D eigenvalue weighted by Crippen LogP contribution is 2.46. The van der Waals surface area contributed by atoms with Crippen LogP contribution in [0.4, 0.5) is 0 Å². The van der Waals surface area contributed by atoms with Crippen LogP contribution < -0.4 is 9.47 Å². The molecule has 0 unspecified atom stereocenters. The van der Waals surface area contributed by atoms with E-state index in [2.05, 4.69) is 29.2 Å². The lowest BCUT2D eigenvalue weighted by molar-refractivity contribution is -0.134. The molecule has 6 atom stereocenters. The Morgan fingerprint density at radius 1 is 0.848 bits per heavy atom. The molecule has 2 fully saturated rings. The van der Waals surface area contributed by atoms with Crippen molar-refractivity contribution in [1.82, 2.24) is 4.90 Å². The molecule has 178 valence electrons. The van der Waals surface area contributed by atoms with Crippen LogP contribution >= 0.6 is 0 Å². The van der Waals surface area contributed by atoms with Crippen molar-refractivity contribution in [2.45, 2.75) is 81.4 Å². The summed E-state index contributed by atoms with van der Waals surface area (Å²) in [6, 6.07) is 12.5. The molecule has 2 saturated heterocycles. The van der Waals surface area contributed by atoms with Crippen LogP contribution in [0, 0.1) is 0 Å². The minimum absolute atomic E-state index is 0.0366. The average molecular weight is 454 g/mol. The number of hydrogen-bond acceptors (Lipinski definition) is 6. The molecule has 6 heteroatoms. The Labute approximate surface area is 195 Å². The molecule has 0 amide bonds. The first-order chi connectivity index (χ1) is 16.0. The molecule has 4 bridgehead atoms. The van der Waals surface area contributed by atoms with Crippen LogP contribution in [0.1, 0.15) is 55.7 Å². The van der Waals surface area contributed by atoms with Crippen LogP contribution in [-0.2, 0) is 6.42 Å². The van der Waals surface area contributed by atoms with Crippen molar-refractivity contribution in [1.29, 1.82) is 0 Å². The lowest BCUT2D eigenvalue weighted by Crippen LogP contribution is -2.61. The van der Waals surface area contributed by atoms with Gasteiger partial charge in [0.15, 0.2) is 0 Å². The zero-order valence-electron chi connectivity index (χ0n) is 19.5. The van der Waals surface area contributed by atoms with Gasteiger partial charge >= 0.3 is 0 Å². The van der Waals surface area contributed by atoms with Gasteiger partial charge in [-0.1, -0.05) is 18.6 Å². The van der Waals surface area contributed by atoms with E-state index in [9.17, 15) is 15.3 Å². The minimum Gasteiger partial charge on any atom is -0.496 e. The number of aliphatic hydroxyl groups excluding tert-OH is 3. The van der Waals surface area contributed by atoms with Crippen LogP contribution in [0.25, 0.3) is 11.1 Å². The molecule has 3 heterocycles. The van der Waals surface area contributed by atoms with Gasteiger partial charge in [0, 0.05) is 29.3 Å². The quantitative estimate of drug-likeness (QED) is 0.646. The van der Waals surface area contributed by atoms with Crippen molar-refractivity contribution >= 4 is 0 Å². The molecule has 3 N–H and O–H groups in total. The normalized spacial score (nSPS) is 32.0. The van der Waals surface area contributed by atoms with Crippen molar-refractivity contribution in [2.75, 3.05) is 14.2 Å². The number of rotatable bonds is 2. The van der Waals surface area contributed by atoms with Gasteiger partial charge in [-0.3, -0.25) is 4.90 Å². The largest absolute Gasteiger partial charge is 0.496 e. The number of piperidine rings is 2. The van der Waals surface area contributed by atoms with Gasteiger partial charge in [-0.05, 0) is 73.9 Å². The summed E-state index contributed by atoms with van der Waals surface area (Å²) in [6.07, 6.45) is 3.53. The summed E-state index contributed by atoms with van der Waals surface area (Å²) in [5, 5.41) is 32.6. The van der Waals surface area contributed by atoms with Crippen molar-refractivity contribution < 1.29 is 24.8 Å². The first kappa shape index (κ1) is 22.7. The maximum absolute atomic E-state index is 11.0. The Kier molecular flexibility index (Phi) is 6.36. The second-order valence-corrected chi connectivity index (χ2v) is 9.83. The Morgan fingerprint density at radius 2 is 1.58 bits per heavy atom. The number of methoxy groups -OCH3 is 2. The fourth-order valence-corrected chi connectivity index (χ4v) is 6.29. The van der Waals surface area contributed by atoms with Crippen molar-refractivity contribution in [3.8, 4) is 22.6 Å². The zero-order valence-corrected chi connectivity index (χ0v) is 19.5. The number of aryl methyl sites for hydroxylation is 1. The van der Waals surface area contributed by atoms with Crippen molar-refractivity contribution in [2.24, 2.45) is 0 Å². The zero-order chi connectivity index (χ0) is 23.1. The molecule has 0 saturated carbocycles. The molecule has 5 rings (SSSR count). The molecule has 2 aromatic rings. The molecule has 0 aromatic heterocycles. The number of hydrogen-bond donors (Lipinski definition) is 3. The lowest BCUT2D eigenvalue weighted by atomic mass is 9.78. The molecule has 3 aliphatic heterocycles. The number of benzene rings is 2. The average Bonchev–Trinajstić information content (AvgIpc) is 2.84. The fourth-order valence-electron chi connectivity index (χ4n) is 6.29. The first-order valence-electron chi connectivity index (χ1n) is 12.2. The predicted molar refractivity (Wildman–Crippen MR) is 127 cm³/mol. The van der Waals surface area contributed by atoms with Gasteiger partial charge in [0.05, 0.1) is 32.5 Å². The first-order valence-corrected chi connectivity index (χ1v) is 12.2. The van der Waals surface area contributed by atoms with Gasteiger partial charge in [-0.2, -0.15) is 0 Å². The second-order valence-electron chi connectivity index (χ2n) is 9.83. The fraction of sp³-hybridized carbons (Fsp3) is 0.556. The van der Waals surface area contributed by atoms with E-state index < -0.39 is 18.3 Å². The van der Waals surface area contributed by atoms with Crippen LogP contribution in [-0.4, -0.2) is 64.8 Å². The number of aliphatic hydroxyl groups is 3. The highest BCUT2D eigenvalue weighted by molar-refractivity contribution is 5.77. The molecule has 0 radical (unpaired) electrons. The van der Waals surface area contributed by atoms with Crippen LogP contribution in [0.3, 0.4) is 0 Å². The van der Waals surface area contributed by atoms with Crippen molar-refractivity contribution in [3.05, 3.63) is 47.5 Å². The highest BCUT2D eigenvalue weighted by atomic mass is 16.5. The third-order valence-corrected chi connectivity index (χ3v) is 7.93. The molecule has 6 nitrogen and oxygen atoms in total. The summed E-state index contributed by atoms with van der Waals surface area (Å²) in [4.78, 5) is 2.40. The molecular formula is C27H35NO5. The number of ether oxygens (including phenoxy) is 2. The molecule has 2 aromatic carbocycles. The van der Waals surface area contributed by atoms with Gasteiger partial charge in [0.1, 0.15) is 11.5 Å². The SMILES string of the molecule is COc1ccc2cc1-c1cc(ccc1OC)[C@@H]1C[C@H](O)[C@@H](O)[C@@H]3CCC[C@H](C[C@H](O)CC2)N13. The van der Waals surface area contributed by atoms with E-state index >= 15 is 0 Å². The van der Waals surface area contributed by atoms with Gasteiger partial charge in [-0.25, -0.2) is 0 Å². The van der Waals surface area contributed by atoms with Gasteiger partial charge in [0.25, 0.3) is 0 Å². The third-order valence-electron chi connectivity index (χ3n) is 7.93. The summed E-state index contributed by atoms with van der Waals surface area (Å²) in [7, 11) is 3.35. The van der Waals surface area contributed by atoms with Gasteiger partial charge < -0.3 is 24.8 Å². The van der Waals surface area contributed by atoms with E-state index in [4.69, 9.17) is 9.47 Å². The Morgan fingerprint density at radius 3 is 2.33 bits per heavy atom. The standard InChI is InChI=1S/C27H35NO5/c1-32-25-10-7-16-6-9-19(29)14-18-4-3-5-22-27(31)24(30)15-23(28(18)22)17-8-11-26(33-2)21(13-17)20(25)12-16/h7-8,10-13,18-19,22-24,27,29-31H,3-6,9,14-15H2,1-2H3/t18-,19-,22+,23+,24+,27+/m1/s1. The van der Waals surface area contributed by atoms with Gasteiger partial charge in [0.2, 0.25) is 0 Å². The second kappa shape index (κ2) is 9.26. The number of nitrogens with zero attached hydrogens (tertiary/aromatic N) is 1. The van der Waals surface area contributed by atoms with Crippen LogP contribution in [0.5, 0.6) is 11.5 Å². The Balaban J connectivity index is 1.69. The summed E-state index contributed by atoms with van der Waals surface area (Å²) in [6.45, 7) is 0. The maximum Gasteiger partial charge on any atom is 0.126 e.